The summed E-state index contributed by atoms with van der Waals surface area (Å²) in [6.07, 6.45) is 0.822. The number of rotatable bonds is 3. The van der Waals surface area contributed by atoms with Gasteiger partial charge in [0.2, 0.25) is 6.79 Å². The van der Waals surface area contributed by atoms with Crippen molar-refractivity contribution in [2.75, 3.05) is 17.0 Å². The lowest BCUT2D eigenvalue weighted by molar-refractivity contribution is 0.0973. The van der Waals surface area contributed by atoms with Crippen LogP contribution in [0, 0.1) is 0 Å². The van der Waals surface area contributed by atoms with Gasteiger partial charge in [-0.25, -0.2) is 0 Å². The van der Waals surface area contributed by atoms with E-state index in [-0.39, 0.29) is 24.8 Å². The van der Waals surface area contributed by atoms with Crippen LogP contribution >= 0.6 is 0 Å². The van der Waals surface area contributed by atoms with Gasteiger partial charge in [-0.3, -0.25) is 4.79 Å². The number of hydrogen-bond acceptors (Lipinski definition) is 4. The Kier molecular flexibility index (Phi) is 4.35. The van der Waals surface area contributed by atoms with Crippen molar-refractivity contribution in [2.45, 2.75) is 25.4 Å². The molecular formula is C24H22N2O3. The van der Waals surface area contributed by atoms with Gasteiger partial charge in [0.15, 0.2) is 11.5 Å². The molecule has 0 spiro atoms. The zero-order valence-electron chi connectivity index (χ0n) is 16.2. The van der Waals surface area contributed by atoms with Crippen LogP contribution in [-0.4, -0.2) is 18.7 Å². The lowest BCUT2D eigenvalue weighted by Crippen LogP contribution is -2.40. The summed E-state index contributed by atoms with van der Waals surface area (Å²) in [5, 5.41) is 3.53. The fourth-order valence-corrected chi connectivity index (χ4v) is 4.15. The second-order valence-electron chi connectivity index (χ2n) is 7.46. The van der Waals surface area contributed by atoms with Gasteiger partial charge in [-0.2, -0.15) is 0 Å². The van der Waals surface area contributed by atoms with Crippen molar-refractivity contribution in [3.8, 4) is 11.5 Å². The first-order valence-corrected chi connectivity index (χ1v) is 9.84. The second-order valence-corrected chi connectivity index (χ2v) is 7.46. The van der Waals surface area contributed by atoms with Crippen LogP contribution < -0.4 is 19.7 Å². The fraction of sp³-hybridized carbons (Fsp3) is 0.208. The summed E-state index contributed by atoms with van der Waals surface area (Å²) in [6.45, 7) is 2.34. The third kappa shape index (κ3) is 3.18. The van der Waals surface area contributed by atoms with Gasteiger partial charge in [0.25, 0.3) is 5.91 Å². The van der Waals surface area contributed by atoms with Crippen LogP contribution in [0.15, 0.2) is 72.8 Å². The van der Waals surface area contributed by atoms with E-state index in [9.17, 15) is 4.79 Å². The average molecular weight is 386 g/mol. The molecule has 3 aromatic rings. The second kappa shape index (κ2) is 7.17. The molecule has 0 aliphatic carbocycles. The molecule has 5 heteroatoms. The number of carbonyl (C=O) groups excluding carboxylic acids is 1. The molecule has 2 atom stereocenters. The molecule has 29 heavy (non-hydrogen) atoms. The maximum absolute atomic E-state index is 13.8. The quantitative estimate of drug-likeness (QED) is 0.688. The summed E-state index contributed by atoms with van der Waals surface area (Å²) in [6, 6.07) is 23.7. The SMILES string of the molecule is C[C@H]1C[C@@H](N(C(=O)c2ccc3c(c2)OCO3)c2ccccc2)c2ccccc2N1. The van der Waals surface area contributed by atoms with Crippen LogP contribution in [-0.2, 0) is 0 Å². The normalized spacial score (nSPS) is 19.2. The van der Waals surface area contributed by atoms with Gasteiger partial charge < -0.3 is 19.7 Å². The van der Waals surface area contributed by atoms with Gasteiger partial charge >= 0.3 is 0 Å². The summed E-state index contributed by atoms with van der Waals surface area (Å²) in [4.78, 5) is 15.7. The van der Waals surface area contributed by atoms with E-state index in [1.165, 1.54) is 0 Å². The molecule has 0 saturated heterocycles. The molecule has 0 radical (unpaired) electrons. The van der Waals surface area contributed by atoms with Gasteiger partial charge in [-0.15, -0.1) is 0 Å². The number of ether oxygens (including phenoxy) is 2. The average Bonchev–Trinajstić information content (AvgIpc) is 3.22. The van der Waals surface area contributed by atoms with Crippen molar-refractivity contribution in [3.63, 3.8) is 0 Å². The van der Waals surface area contributed by atoms with Crippen molar-refractivity contribution in [1.29, 1.82) is 0 Å². The van der Waals surface area contributed by atoms with Crippen LogP contribution in [0.25, 0.3) is 0 Å². The van der Waals surface area contributed by atoms with Crippen molar-refractivity contribution >= 4 is 17.3 Å². The molecule has 1 N–H and O–H groups in total. The number of benzene rings is 3. The van der Waals surface area contributed by atoms with E-state index < -0.39 is 0 Å². The summed E-state index contributed by atoms with van der Waals surface area (Å²) in [5.41, 5.74) is 3.67. The summed E-state index contributed by atoms with van der Waals surface area (Å²) in [7, 11) is 0. The number of hydrogen-bond donors (Lipinski definition) is 1. The molecular weight excluding hydrogens is 364 g/mol. The Morgan fingerprint density at radius 2 is 1.72 bits per heavy atom. The molecule has 0 unspecified atom stereocenters. The smallest absolute Gasteiger partial charge is 0.258 e. The number of nitrogens with zero attached hydrogens (tertiary/aromatic N) is 1. The predicted molar refractivity (Wildman–Crippen MR) is 113 cm³/mol. The molecule has 146 valence electrons. The Hall–Kier alpha value is -3.47. The third-order valence-corrected chi connectivity index (χ3v) is 5.48. The van der Waals surface area contributed by atoms with Crippen molar-refractivity contribution in [2.24, 2.45) is 0 Å². The van der Waals surface area contributed by atoms with Crippen LogP contribution in [0.2, 0.25) is 0 Å². The lowest BCUT2D eigenvalue weighted by atomic mass is 9.91. The first-order valence-electron chi connectivity index (χ1n) is 9.84. The minimum atomic E-state index is -0.0669. The minimum Gasteiger partial charge on any atom is -0.454 e. The van der Waals surface area contributed by atoms with Crippen molar-refractivity contribution in [3.05, 3.63) is 83.9 Å². The molecule has 5 rings (SSSR count). The standard InChI is InChI=1S/C24H22N2O3/c1-16-13-21(19-9-5-6-10-20(19)25-16)26(18-7-3-2-4-8-18)24(27)17-11-12-22-23(14-17)29-15-28-22/h2-12,14,16,21,25H,13,15H2,1H3/t16-,21+/m0/s1. The Bertz CT molecular complexity index is 1050. The van der Waals surface area contributed by atoms with E-state index in [4.69, 9.17) is 9.47 Å². The first-order chi connectivity index (χ1) is 14.2. The summed E-state index contributed by atoms with van der Waals surface area (Å²) < 4.78 is 10.9. The molecule has 1 amide bonds. The predicted octanol–water partition coefficient (Wildman–Crippen LogP) is 5.01. The Morgan fingerprint density at radius 3 is 2.59 bits per heavy atom. The number of fused-ring (bicyclic) bond motifs is 2. The highest BCUT2D eigenvalue weighted by atomic mass is 16.7. The Labute approximate surface area is 169 Å². The van der Waals surface area contributed by atoms with Gasteiger partial charge in [0.1, 0.15) is 0 Å². The number of anilines is 2. The van der Waals surface area contributed by atoms with Crippen molar-refractivity contribution in [1.82, 2.24) is 0 Å². The highest BCUT2D eigenvalue weighted by Crippen LogP contribution is 2.40. The van der Waals surface area contributed by atoms with Crippen LogP contribution in [0.1, 0.15) is 35.3 Å². The van der Waals surface area contributed by atoms with Gasteiger partial charge in [-0.05, 0) is 55.3 Å². The first kappa shape index (κ1) is 17.6. The van der Waals surface area contributed by atoms with Crippen LogP contribution in [0.4, 0.5) is 11.4 Å². The fourth-order valence-electron chi connectivity index (χ4n) is 4.15. The summed E-state index contributed by atoms with van der Waals surface area (Å²) in [5.74, 6) is 1.24. The molecule has 0 bridgehead atoms. The minimum absolute atomic E-state index is 0.0524. The molecule has 0 aromatic heterocycles. The van der Waals surface area contributed by atoms with E-state index in [1.807, 2.05) is 53.4 Å². The van der Waals surface area contributed by atoms with Gasteiger partial charge in [-0.1, -0.05) is 36.4 Å². The van der Waals surface area contributed by atoms with Gasteiger partial charge in [0.05, 0.1) is 6.04 Å². The van der Waals surface area contributed by atoms with E-state index in [0.29, 0.717) is 17.1 Å². The zero-order chi connectivity index (χ0) is 19.8. The third-order valence-electron chi connectivity index (χ3n) is 5.48. The van der Waals surface area contributed by atoms with Crippen LogP contribution in [0.5, 0.6) is 11.5 Å². The molecule has 0 fully saturated rings. The molecule has 3 aromatic carbocycles. The maximum Gasteiger partial charge on any atom is 0.258 e. The Balaban J connectivity index is 1.61. The molecule has 5 nitrogen and oxygen atoms in total. The molecule has 0 saturated carbocycles. The highest BCUT2D eigenvalue weighted by Gasteiger charge is 2.33. The largest absolute Gasteiger partial charge is 0.454 e. The van der Waals surface area contributed by atoms with E-state index in [0.717, 1.165) is 23.4 Å². The Morgan fingerprint density at radius 1 is 0.966 bits per heavy atom. The molecule has 2 heterocycles. The van der Waals surface area contributed by atoms with Crippen molar-refractivity contribution < 1.29 is 14.3 Å². The molecule has 2 aliphatic rings. The van der Waals surface area contributed by atoms with E-state index >= 15 is 0 Å². The monoisotopic (exact) mass is 386 g/mol. The number of nitrogens with one attached hydrogen (secondary N) is 1. The topological polar surface area (TPSA) is 50.8 Å². The highest BCUT2D eigenvalue weighted by molar-refractivity contribution is 6.07. The number of carbonyl (C=O) groups is 1. The maximum atomic E-state index is 13.8. The summed E-state index contributed by atoms with van der Waals surface area (Å²) >= 11 is 0. The number of amides is 1. The van der Waals surface area contributed by atoms with E-state index in [1.54, 1.807) is 12.1 Å². The number of para-hydroxylation sites is 2. The van der Waals surface area contributed by atoms with E-state index in [2.05, 4.69) is 24.4 Å². The lowest BCUT2D eigenvalue weighted by Gasteiger charge is -2.39. The van der Waals surface area contributed by atoms with Gasteiger partial charge in [0, 0.05) is 23.0 Å². The van der Waals surface area contributed by atoms with Crippen LogP contribution in [0.3, 0.4) is 0 Å². The molecule has 2 aliphatic heterocycles. The zero-order valence-corrected chi connectivity index (χ0v) is 16.2.